The van der Waals surface area contributed by atoms with Gasteiger partial charge in [-0.15, -0.1) is 0 Å². The molecule has 0 aliphatic heterocycles. The Hall–Kier alpha value is -1.40. The highest BCUT2D eigenvalue weighted by Gasteiger charge is 2.21. The monoisotopic (exact) mass is 355 g/mol. The molecule has 1 heterocycles. The van der Waals surface area contributed by atoms with Gasteiger partial charge >= 0.3 is 0 Å². The average molecular weight is 356 g/mol. The molecule has 4 nitrogen and oxygen atoms in total. The summed E-state index contributed by atoms with van der Waals surface area (Å²) < 4.78 is 21.4. The Bertz CT molecular complexity index is 595. The van der Waals surface area contributed by atoms with E-state index < -0.39 is 0 Å². The molecule has 1 unspecified atom stereocenters. The van der Waals surface area contributed by atoms with Gasteiger partial charge in [-0.05, 0) is 46.6 Å². The van der Waals surface area contributed by atoms with E-state index in [0.717, 1.165) is 28.7 Å². The van der Waals surface area contributed by atoms with Crippen LogP contribution in [0.15, 0.2) is 28.9 Å². The molecule has 0 saturated heterocycles. The minimum atomic E-state index is -0.362. The molecule has 1 atom stereocenters. The summed E-state index contributed by atoms with van der Waals surface area (Å²) in [5.74, 6) is -0.117. The topological polar surface area (TPSA) is 39.1 Å². The van der Waals surface area contributed by atoms with Gasteiger partial charge in [0.2, 0.25) is 0 Å². The normalized spacial score (nSPS) is 12.4. The number of aryl methyl sites for hydroxylation is 1. The molecule has 6 heteroatoms. The number of methoxy groups -OCH3 is 1. The molecule has 1 aromatic heterocycles. The predicted octanol–water partition coefficient (Wildman–Crippen LogP) is 3.42. The summed E-state index contributed by atoms with van der Waals surface area (Å²) in [5.41, 5.74) is 1.93. The van der Waals surface area contributed by atoms with Gasteiger partial charge in [0.25, 0.3) is 0 Å². The largest absolute Gasteiger partial charge is 0.494 e. The van der Waals surface area contributed by atoms with E-state index in [-0.39, 0.29) is 17.6 Å². The van der Waals surface area contributed by atoms with Gasteiger partial charge in [-0.3, -0.25) is 4.68 Å². The number of aromatic nitrogens is 2. The summed E-state index contributed by atoms with van der Waals surface area (Å²) >= 11 is 3.53. The Morgan fingerprint density at radius 1 is 1.48 bits per heavy atom. The van der Waals surface area contributed by atoms with Crippen LogP contribution in [0.4, 0.5) is 4.39 Å². The molecular weight excluding hydrogens is 337 g/mol. The first-order valence-electron chi connectivity index (χ1n) is 6.82. The second-order valence-corrected chi connectivity index (χ2v) is 5.64. The molecule has 0 amide bonds. The summed E-state index contributed by atoms with van der Waals surface area (Å²) in [4.78, 5) is 0. The second-order valence-electron chi connectivity index (χ2n) is 4.78. The minimum absolute atomic E-state index is 0.0821. The van der Waals surface area contributed by atoms with Crippen molar-refractivity contribution in [3.05, 3.63) is 45.9 Å². The van der Waals surface area contributed by atoms with Crippen molar-refractivity contribution in [3.8, 4) is 5.75 Å². The van der Waals surface area contributed by atoms with E-state index in [2.05, 4.69) is 33.3 Å². The van der Waals surface area contributed by atoms with Crippen molar-refractivity contribution in [1.82, 2.24) is 15.1 Å². The van der Waals surface area contributed by atoms with Gasteiger partial charge in [-0.1, -0.05) is 13.0 Å². The Labute approximate surface area is 132 Å². The van der Waals surface area contributed by atoms with Crippen LogP contribution >= 0.6 is 15.9 Å². The number of nitrogens with one attached hydrogen (secondary N) is 1. The maximum atomic E-state index is 13.6. The lowest BCUT2D eigenvalue weighted by molar-refractivity contribution is 0.385. The van der Waals surface area contributed by atoms with Crippen LogP contribution in [0.25, 0.3) is 0 Å². The van der Waals surface area contributed by atoms with Crippen LogP contribution in [0.2, 0.25) is 0 Å². The first kappa shape index (κ1) is 16.0. The molecule has 0 radical (unpaired) electrons. The lowest BCUT2D eigenvalue weighted by atomic mass is 10.0. The quantitative estimate of drug-likeness (QED) is 0.862. The predicted molar refractivity (Wildman–Crippen MR) is 84.0 cm³/mol. The van der Waals surface area contributed by atoms with Crippen molar-refractivity contribution < 1.29 is 9.13 Å². The zero-order chi connectivity index (χ0) is 15.4. The fraction of sp³-hybridized carbons (Fsp3) is 0.400. The summed E-state index contributed by atoms with van der Waals surface area (Å²) in [5, 5.41) is 7.73. The average Bonchev–Trinajstić information content (AvgIpc) is 2.81. The van der Waals surface area contributed by atoms with Crippen LogP contribution in [0.5, 0.6) is 5.75 Å². The van der Waals surface area contributed by atoms with Crippen LogP contribution in [0, 0.1) is 5.82 Å². The van der Waals surface area contributed by atoms with Gasteiger partial charge in [-0.2, -0.15) is 5.10 Å². The number of benzene rings is 1. The molecule has 1 N–H and O–H groups in total. The molecule has 0 aliphatic carbocycles. The first-order chi connectivity index (χ1) is 10.1. The van der Waals surface area contributed by atoms with Crippen molar-refractivity contribution in [2.24, 2.45) is 7.05 Å². The zero-order valence-corrected chi connectivity index (χ0v) is 13.9. The summed E-state index contributed by atoms with van der Waals surface area (Å²) in [6.45, 7) is 2.95. The molecule has 0 fully saturated rings. The highest BCUT2D eigenvalue weighted by molar-refractivity contribution is 9.10. The number of hydrogen-bond donors (Lipinski definition) is 1. The van der Waals surface area contributed by atoms with Gasteiger partial charge in [0.05, 0.1) is 29.5 Å². The lowest BCUT2D eigenvalue weighted by Gasteiger charge is -2.21. The minimum Gasteiger partial charge on any atom is -0.494 e. The number of halogens is 2. The van der Waals surface area contributed by atoms with Crippen LogP contribution in [0.3, 0.4) is 0 Å². The molecule has 2 rings (SSSR count). The molecule has 21 heavy (non-hydrogen) atoms. The summed E-state index contributed by atoms with van der Waals surface area (Å²) in [6.07, 6.45) is 2.76. The maximum absolute atomic E-state index is 13.6. The Balaban J connectivity index is 2.45. The smallest absolute Gasteiger partial charge is 0.165 e. The van der Waals surface area contributed by atoms with Crippen LogP contribution in [-0.4, -0.2) is 23.4 Å². The fourth-order valence-electron chi connectivity index (χ4n) is 2.26. The van der Waals surface area contributed by atoms with E-state index >= 15 is 0 Å². The third kappa shape index (κ3) is 3.44. The molecule has 0 bridgehead atoms. The van der Waals surface area contributed by atoms with E-state index in [4.69, 9.17) is 4.74 Å². The van der Waals surface area contributed by atoms with Crippen LogP contribution in [-0.2, 0) is 7.05 Å². The third-order valence-electron chi connectivity index (χ3n) is 3.32. The zero-order valence-electron chi connectivity index (χ0n) is 12.4. The Kier molecular flexibility index (Phi) is 5.36. The molecule has 114 valence electrons. The van der Waals surface area contributed by atoms with E-state index in [0.29, 0.717) is 0 Å². The molecular formula is C15H19BrFN3O. The Morgan fingerprint density at radius 3 is 2.81 bits per heavy atom. The van der Waals surface area contributed by atoms with Crippen molar-refractivity contribution in [2.45, 2.75) is 19.4 Å². The number of nitrogens with zero attached hydrogens (tertiary/aromatic N) is 2. The highest BCUT2D eigenvalue weighted by Crippen LogP contribution is 2.30. The van der Waals surface area contributed by atoms with Crippen LogP contribution in [0.1, 0.15) is 30.6 Å². The van der Waals surface area contributed by atoms with Gasteiger partial charge < -0.3 is 10.1 Å². The van der Waals surface area contributed by atoms with E-state index in [1.54, 1.807) is 18.3 Å². The van der Waals surface area contributed by atoms with E-state index in [1.165, 1.54) is 13.2 Å². The van der Waals surface area contributed by atoms with Gasteiger partial charge in [0.1, 0.15) is 0 Å². The third-order valence-corrected chi connectivity index (χ3v) is 3.93. The number of hydrogen-bond acceptors (Lipinski definition) is 3. The van der Waals surface area contributed by atoms with Gasteiger partial charge in [0.15, 0.2) is 11.6 Å². The van der Waals surface area contributed by atoms with Crippen LogP contribution < -0.4 is 10.1 Å². The SMILES string of the molecule is CCCNC(c1ccc(F)c(OC)c1)c1c(Br)cnn1C. The maximum Gasteiger partial charge on any atom is 0.165 e. The molecule has 0 aliphatic rings. The van der Waals surface area contributed by atoms with Crippen molar-refractivity contribution in [3.63, 3.8) is 0 Å². The molecule has 0 spiro atoms. The van der Waals surface area contributed by atoms with Gasteiger partial charge in [0, 0.05) is 7.05 Å². The Morgan fingerprint density at radius 2 is 2.24 bits per heavy atom. The summed E-state index contributed by atoms with van der Waals surface area (Å²) in [6, 6.07) is 4.84. The van der Waals surface area contributed by atoms with Crippen molar-refractivity contribution in [2.75, 3.05) is 13.7 Å². The highest BCUT2D eigenvalue weighted by atomic mass is 79.9. The van der Waals surface area contributed by atoms with E-state index in [1.807, 2.05) is 11.7 Å². The first-order valence-corrected chi connectivity index (χ1v) is 7.62. The van der Waals surface area contributed by atoms with E-state index in [9.17, 15) is 4.39 Å². The fourth-order valence-corrected chi connectivity index (χ4v) is 2.84. The standard InChI is InChI=1S/C15H19BrFN3O/c1-4-7-18-14(15-11(16)9-19-20(15)2)10-5-6-12(17)13(8-10)21-3/h5-6,8-9,14,18H,4,7H2,1-3H3. The van der Waals surface area contributed by atoms with Gasteiger partial charge in [-0.25, -0.2) is 4.39 Å². The number of ether oxygens (including phenoxy) is 1. The second kappa shape index (κ2) is 7.04. The number of rotatable bonds is 6. The van der Waals surface area contributed by atoms with Crippen molar-refractivity contribution >= 4 is 15.9 Å². The van der Waals surface area contributed by atoms with Crippen molar-refractivity contribution in [1.29, 1.82) is 0 Å². The lowest BCUT2D eigenvalue weighted by Crippen LogP contribution is -2.25. The summed E-state index contributed by atoms with van der Waals surface area (Å²) in [7, 11) is 3.36. The molecule has 2 aromatic rings. The molecule has 0 saturated carbocycles. The molecule has 1 aromatic carbocycles.